The first kappa shape index (κ1) is 16.9. The molecule has 0 radical (unpaired) electrons. The number of hydrogen-bond donors (Lipinski definition) is 1. The number of halogens is 2. The summed E-state index contributed by atoms with van der Waals surface area (Å²) >= 11 is 12.3. The molecule has 4 nitrogen and oxygen atoms in total. The molecule has 0 aliphatic rings. The van der Waals surface area contributed by atoms with Gasteiger partial charge in [-0.2, -0.15) is 5.26 Å². The Morgan fingerprint density at radius 1 is 1.26 bits per heavy atom. The number of hydrogen-bond acceptors (Lipinski definition) is 3. The normalized spacial score (nSPS) is 10.5. The van der Waals surface area contributed by atoms with Crippen LogP contribution in [0.4, 0.5) is 0 Å². The standard InChI is InChI=1S/C17H11Cl2NO3/c18-14-7-11(5-6-16(21)22)8-15(19)17(14)23-10-13-4-2-1-3-12(13)9-20/h1-8H,10H2,(H,21,22)/b6-5+. The van der Waals surface area contributed by atoms with Gasteiger partial charge in [-0.3, -0.25) is 0 Å². The zero-order valence-corrected chi connectivity index (χ0v) is 13.3. The highest BCUT2D eigenvalue weighted by atomic mass is 35.5. The van der Waals surface area contributed by atoms with E-state index in [0.717, 1.165) is 11.6 Å². The molecule has 116 valence electrons. The van der Waals surface area contributed by atoms with Crippen molar-refractivity contribution in [3.8, 4) is 11.8 Å². The van der Waals surface area contributed by atoms with E-state index in [1.807, 2.05) is 6.07 Å². The Balaban J connectivity index is 2.21. The molecule has 0 aromatic heterocycles. The molecule has 0 amide bonds. The summed E-state index contributed by atoms with van der Waals surface area (Å²) in [6, 6.07) is 12.3. The molecule has 0 spiro atoms. The quantitative estimate of drug-likeness (QED) is 0.805. The lowest BCUT2D eigenvalue weighted by molar-refractivity contribution is -0.131. The van der Waals surface area contributed by atoms with E-state index in [1.165, 1.54) is 6.08 Å². The maximum absolute atomic E-state index is 10.5. The van der Waals surface area contributed by atoms with Crippen LogP contribution in [0.25, 0.3) is 6.08 Å². The van der Waals surface area contributed by atoms with Gasteiger partial charge in [-0.15, -0.1) is 0 Å². The van der Waals surface area contributed by atoms with Gasteiger partial charge in [0.25, 0.3) is 0 Å². The van der Waals surface area contributed by atoms with Crippen LogP contribution in [0.1, 0.15) is 16.7 Å². The van der Waals surface area contributed by atoms with Gasteiger partial charge in [0.05, 0.1) is 21.7 Å². The van der Waals surface area contributed by atoms with Crippen LogP contribution in [0.3, 0.4) is 0 Å². The van der Waals surface area contributed by atoms with Crippen molar-refractivity contribution >= 4 is 35.2 Å². The number of nitrogens with zero attached hydrogens (tertiary/aromatic N) is 1. The summed E-state index contributed by atoms with van der Waals surface area (Å²) in [5.41, 5.74) is 1.78. The summed E-state index contributed by atoms with van der Waals surface area (Å²) in [6.45, 7) is 0.146. The first-order valence-electron chi connectivity index (χ1n) is 6.52. The Bertz CT molecular complexity index is 787. The van der Waals surface area contributed by atoms with Crippen molar-refractivity contribution in [2.45, 2.75) is 6.61 Å². The topological polar surface area (TPSA) is 70.3 Å². The van der Waals surface area contributed by atoms with Crippen LogP contribution in [0.15, 0.2) is 42.5 Å². The van der Waals surface area contributed by atoms with Crippen LogP contribution in [0.2, 0.25) is 10.0 Å². The molecule has 0 bridgehead atoms. The fraction of sp³-hybridized carbons (Fsp3) is 0.0588. The first-order valence-corrected chi connectivity index (χ1v) is 7.27. The number of carbonyl (C=O) groups is 1. The van der Waals surface area contributed by atoms with Gasteiger partial charge in [-0.25, -0.2) is 4.79 Å². The Kier molecular flexibility index (Phi) is 5.64. The molecule has 0 atom stereocenters. The Morgan fingerprint density at radius 3 is 2.52 bits per heavy atom. The van der Waals surface area contributed by atoms with Crippen LogP contribution in [0, 0.1) is 11.3 Å². The van der Waals surface area contributed by atoms with E-state index in [1.54, 1.807) is 30.3 Å². The van der Waals surface area contributed by atoms with E-state index in [-0.39, 0.29) is 22.4 Å². The van der Waals surface area contributed by atoms with E-state index in [2.05, 4.69) is 6.07 Å². The lowest BCUT2D eigenvalue weighted by Crippen LogP contribution is -1.99. The molecular formula is C17H11Cl2NO3. The predicted molar refractivity (Wildman–Crippen MR) is 88.6 cm³/mol. The monoisotopic (exact) mass is 347 g/mol. The Labute approximate surface area is 143 Å². The summed E-state index contributed by atoms with van der Waals surface area (Å²) in [5.74, 6) is -0.778. The minimum atomic E-state index is -1.06. The smallest absolute Gasteiger partial charge is 0.328 e. The van der Waals surface area contributed by atoms with Gasteiger partial charge < -0.3 is 9.84 Å². The van der Waals surface area contributed by atoms with Crippen molar-refractivity contribution in [2.75, 3.05) is 0 Å². The van der Waals surface area contributed by atoms with Gasteiger partial charge in [0, 0.05) is 11.6 Å². The molecule has 1 N–H and O–H groups in total. The molecule has 0 saturated heterocycles. The Hall–Kier alpha value is -2.48. The van der Waals surface area contributed by atoms with E-state index >= 15 is 0 Å². The van der Waals surface area contributed by atoms with Crippen LogP contribution in [-0.4, -0.2) is 11.1 Å². The SMILES string of the molecule is N#Cc1ccccc1COc1c(Cl)cc(/C=C/C(=O)O)cc1Cl. The third-order valence-corrected chi connectivity index (χ3v) is 3.51. The van der Waals surface area contributed by atoms with Gasteiger partial charge in [0.15, 0.2) is 5.75 Å². The number of aliphatic carboxylic acids is 1. The average Bonchev–Trinajstić information content (AvgIpc) is 2.52. The number of benzene rings is 2. The number of carboxylic acid groups (broad SMARTS) is 1. The summed E-state index contributed by atoms with van der Waals surface area (Å²) in [6.07, 6.45) is 2.38. The highest BCUT2D eigenvalue weighted by molar-refractivity contribution is 6.37. The van der Waals surface area contributed by atoms with E-state index in [4.69, 9.17) is 38.3 Å². The molecule has 0 fully saturated rings. The van der Waals surface area contributed by atoms with Gasteiger partial charge in [0.2, 0.25) is 0 Å². The van der Waals surface area contributed by atoms with E-state index in [0.29, 0.717) is 11.1 Å². The molecular weight excluding hydrogens is 337 g/mol. The molecule has 0 aliphatic carbocycles. The van der Waals surface area contributed by atoms with Crippen molar-refractivity contribution in [1.29, 1.82) is 5.26 Å². The summed E-state index contributed by atoms with van der Waals surface area (Å²) < 4.78 is 5.62. The largest absolute Gasteiger partial charge is 0.486 e. The maximum atomic E-state index is 10.5. The summed E-state index contributed by atoms with van der Waals surface area (Å²) in [4.78, 5) is 10.5. The third-order valence-electron chi connectivity index (χ3n) is 2.95. The number of ether oxygens (including phenoxy) is 1. The molecule has 23 heavy (non-hydrogen) atoms. The van der Waals surface area contributed by atoms with Crippen molar-refractivity contribution in [3.63, 3.8) is 0 Å². The second-order valence-electron chi connectivity index (χ2n) is 4.54. The lowest BCUT2D eigenvalue weighted by atomic mass is 10.1. The fourth-order valence-corrected chi connectivity index (χ4v) is 2.50. The summed E-state index contributed by atoms with van der Waals surface area (Å²) in [5, 5.41) is 18.2. The number of nitriles is 1. The minimum absolute atomic E-state index is 0.146. The van der Waals surface area contributed by atoms with Crippen molar-refractivity contribution in [3.05, 3.63) is 69.2 Å². The van der Waals surface area contributed by atoms with Crippen molar-refractivity contribution < 1.29 is 14.6 Å². The number of carboxylic acids is 1. The third kappa shape index (κ3) is 4.49. The molecule has 2 rings (SSSR count). The van der Waals surface area contributed by atoms with Crippen molar-refractivity contribution in [2.24, 2.45) is 0 Å². The maximum Gasteiger partial charge on any atom is 0.328 e. The molecule has 0 heterocycles. The van der Waals surface area contributed by atoms with Gasteiger partial charge in [-0.1, -0.05) is 41.4 Å². The van der Waals surface area contributed by atoms with E-state index < -0.39 is 5.97 Å². The van der Waals surface area contributed by atoms with Gasteiger partial charge >= 0.3 is 5.97 Å². The summed E-state index contributed by atoms with van der Waals surface area (Å²) in [7, 11) is 0. The second kappa shape index (κ2) is 7.68. The molecule has 0 unspecified atom stereocenters. The molecule has 2 aromatic rings. The van der Waals surface area contributed by atoms with Gasteiger partial charge in [-0.05, 0) is 29.8 Å². The van der Waals surface area contributed by atoms with Crippen LogP contribution in [-0.2, 0) is 11.4 Å². The Morgan fingerprint density at radius 2 is 1.91 bits per heavy atom. The van der Waals surface area contributed by atoms with Gasteiger partial charge in [0.1, 0.15) is 6.61 Å². The molecule has 2 aromatic carbocycles. The minimum Gasteiger partial charge on any atom is -0.486 e. The fourth-order valence-electron chi connectivity index (χ4n) is 1.89. The molecule has 0 aliphatic heterocycles. The van der Waals surface area contributed by atoms with E-state index in [9.17, 15) is 4.79 Å². The zero-order valence-electron chi connectivity index (χ0n) is 11.8. The molecule has 0 saturated carbocycles. The van der Waals surface area contributed by atoms with Crippen LogP contribution < -0.4 is 4.74 Å². The number of rotatable bonds is 5. The highest BCUT2D eigenvalue weighted by Gasteiger charge is 2.10. The van der Waals surface area contributed by atoms with Crippen LogP contribution >= 0.6 is 23.2 Å². The second-order valence-corrected chi connectivity index (χ2v) is 5.36. The predicted octanol–water partition coefficient (Wildman–Crippen LogP) is 4.54. The zero-order chi connectivity index (χ0) is 16.8. The lowest BCUT2D eigenvalue weighted by Gasteiger charge is -2.11. The van der Waals surface area contributed by atoms with Crippen molar-refractivity contribution in [1.82, 2.24) is 0 Å². The average molecular weight is 348 g/mol. The first-order chi connectivity index (χ1) is 11.0. The molecule has 6 heteroatoms. The highest BCUT2D eigenvalue weighted by Crippen LogP contribution is 2.35. The van der Waals surface area contributed by atoms with Crippen LogP contribution in [0.5, 0.6) is 5.75 Å².